The van der Waals surface area contributed by atoms with Gasteiger partial charge in [-0.3, -0.25) is 10.3 Å². The SMILES string of the molecule is COc1cncc(NC(=O)OC(C)(C)C)c1C#N. The lowest BCUT2D eigenvalue weighted by atomic mass is 10.2. The molecule has 0 unspecified atom stereocenters. The van der Waals surface area contributed by atoms with Gasteiger partial charge in [0.15, 0.2) is 5.75 Å². The van der Waals surface area contributed by atoms with Crippen LogP contribution in [0.5, 0.6) is 5.75 Å². The molecule has 1 heterocycles. The van der Waals surface area contributed by atoms with E-state index in [2.05, 4.69) is 10.3 Å². The number of amides is 1. The molecule has 0 spiro atoms. The van der Waals surface area contributed by atoms with Gasteiger partial charge in [0, 0.05) is 0 Å². The highest BCUT2D eigenvalue weighted by Gasteiger charge is 2.18. The van der Waals surface area contributed by atoms with Crippen molar-refractivity contribution in [3.63, 3.8) is 0 Å². The lowest BCUT2D eigenvalue weighted by molar-refractivity contribution is 0.0636. The molecule has 0 aromatic carbocycles. The molecule has 0 bridgehead atoms. The fraction of sp³-hybridized carbons (Fsp3) is 0.417. The Morgan fingerprint density at radius 3 is 2.61 bits per heavy atom. The van der Waals surface area contributed by atoms with Gasteiger partial charge in [-0.05, 0) is 20.8 Å². The molecule has 0 saturated carbocycles. The molecule has 0 fully saturated rings. The minimum absolute atomic E-state index is 0.207. The highest BCUT2D eigenvalue weighted by molar-refractivity contribution is 5.87. The smallest absolute Gasteiger partial charge is 0.412 e. The highest BCUT2D eigenvalue weighted by atomic mass is 16.6. The van der Waals surface area contributed by atoms with Crippen molar-refractivity contribution in [3.05, 3.63) is 18.0 Å². The second-order valence-corrected chi connectivity index (χ2v) is 4.50. The zero-order valence-corrected chi connectivity index (χ0v) is 10.8. The molecule has 0 aliphatic rings. The number of nitriles is 1. The number of nitrogens with zero attached hydrogens (tertiary/aromatic N) is 2. The molecule has 6 nitrogen and oxygen atoms in total. The lowest BCUT2D eigenvalue weighted by Gasteiger charge is -2.20. The maximum atomic E-state index is 11.6. The number of hydrogen-bond donors (Lipinski definition) is 1. The molecular weight excluding hydrogens is 234 g/mol. The quantitative estimate of drug-likeness (QED) is 0.869. The van der Waals surface area contributed by atoms with E-state index in [-0.39, 0.29) is 11.3 Å². The second-order valence-electron chi connectivity index (χ2n) is 4.50. The number of carbonyl (C=O) groups is 1. The van der Waals surface area contributed by atoms with Crippen LogP contribution in [0.1, 0.15) is 26.3 Å². The largest absolute Gasteiger partial charge is 0.494 e. The fourth-order valence-corrected chi connectivity index (χ4v) is 1.22. The van der Waals surface area contributed by atoms with Crippen LogP contribution in [0.25, 0.3) is 0 Å². The number of hydrogen-bond acceptors (Lipinski definition) is 5. The molecule has 1 aromatic heterocycles. The van der Waals surface area contributed by atoms with Gasteiger partial charge in [0.05, 0.1) is 25.2 Å². The van der Waals surface area contributed by atoms with E-state index < -0.39 is 11.7 Å². The van der Waals surface area contributed by atoms with E-state index in [0.29, 0.717) is 5.75 Å². The van der Waals surface area contributed by atoms with Crippen molar-refractivity contribution < 1.29 is 14.3 Å². The molecule has 0 aliphatic carbocycles. The van der Waals surface area contributed by atoms with Gasteiger partial charge in [-0.1, -0.05) is 0 Å². The summed E-state index contributed by atoms with van der Waals surface area (Å²) in [6.07, 6.45) is 2.12. The Morgan fingerprint density at radius 1 is 1.44 bits per heavy atom. The summed E-state index contributed by atoms with van der Waals surface area (Å²) in [5.41, 5.74) is -0.145. The Hall–Kier alpha value is -2.29. The third kappa shape index (κ3) is 3.63. The minimum atomic E-state index is -0.644. The number of rotatable bonds is 2. The third-order valence-electron chi connectivity index (χ3n) is 1.88. The van der Waals surface area contributed by atoms with Gasteiger partial charge in [0.1, 0.15) is 17.2 Å². The zero-order chi connectivity index (χ0) is 13.8. The van der Waals surface area contributed by atoms with E-state index in [1.165, 1.54) is 19.5 Å². The number of methoxy groups -OCH3 is 1. The predicted molar refractivity (Wildman–Crippen MR) is 65.4 cm³/mol. The molecule has 96 valence electrons. The normalized spacial score (nSPS) is 10.4. The van der Waals surface area contributed by atoms with Crippen molar-refractivity contribution in [2.24, 2.45) is 0 Å². The van der Waals surface area contributed by atoms with Crippen LogP contribution < -0.4 is 10.1 Å². The fourth-order valence-electron chi connectivity index (χ4n) is 1.22. The first-order valence-electron chi connectivity index (χ1n) is 5.29. The monoisotopic (exact) mass is 249 g/mol. The number of pyridine rings is 1. The average molecular weight is 249 g/mol. The Balaban J connectivity index is 2.92. The van der Waals surface area contributed by atoms with Crippen LogP contribution in [0.3, 0.4) is 0 Å². The van der Waals surface area contributed by atoms with Gasteiger partial charge in [0.2, 0.25) is 0 Å². The van der Waals surface area contributed by atoms with Crippen molar-refractivity contribution in [2.45, 2.75) is 26.4 Å². The molecule has 1 N–H and O–H groups in total. The van der Waals surface area contributed by atoms with E-state index in [1.807, 2.05) is 6.07 Å². The first-order valence-corrected chi connectivity index (χ1v) is 5.29. The maximum Gasteiger partial charge on any atom is 0.412 e. The number of nitrogens with one attached hydrogen (secondary N) is 1. The van der Waals surface area contributed by atoms with Crippen molar-refractivity contribution in [1.82, 2.24) is 4.98 Å². The van der Waals surface area contributed by atoms with Gasteiger partial charge in [-0.25, -0.2) is 4.79 Å². The first-order chi connectivity index (χ1) is 8.37. The van der Waals surface area contributed by atoms with Crippen LogP contribution in [0.2, 0.25) is 0 Å². The van der Waals surface area contributed by atoms with E-state index in [1.54, 1.807) is 20.8 Å². The summed E-state index contributed by atoms with van der Waals surface area (Å²) in [5, 5.41) is 11.5. The zero-order valence-electron chi connectivity index (χ0n) is 10.8. The van der Waals surface area contributed by atoms with Crippen molar-refractivity contribution >= 4 is 11.8 Å². The molecule has 1 aromatic rings. The van der Waals surface area contributed by atoms with Gasteiger partial charge >= 0.3 is 6.09 Å². The van der Waals surface area contributed by atoms with E-state index >= 15 is 0 Å². The summed E-state index contributed by atoms with van der Waals surface area (Å²) >= 11 is 0. The average Bonchev–Trinajstić information content (AvgIpc) is 2.25. The number of aromatic nitrogens is 1. The number of ether oxygens (including phenoxy) is 2. The summed E-state index contributed by atoms with van der Waals surface area (Å²) in [7, 11) is 1.43. The first kappa shape index (κ1) is 13.8. The van der Waals surface area contributed by atoms with Crippen LogP contribution in [-0.2, 0) is 4.74 Å². The van der Waals surface area contributed by atoms with Crippen LogP contribution in [0, 0.1) is 11.3 Å². The Kier molecular flexibility index (Phi) is 4.10. The minimum Gasteiger partial charge on any atom is -0.494 e. The summed E-state index contributed by atoms with van der Waals surface area (Å²) in [6.45, 7) is 5.25. The van der Waals surface area contributed by atoms with Gasteiger partial charge in [-0.2, -0.15) is 5.26 Å². The molecule has 1 amide bonds. The lowest BCUT2D eigenvalue weighted by Crippen LogP contribution is -2.27. The summed E-state index contributed by atoms with van der Waals surface area (Å²) in [5.74, 6) is 0.297. The van der Waals surface area contributed by atoms with E-state index in [9.17, 15) is 4.79 Å². The third-order valence-corrected chi connectivity index (χ3v) is 1.88. The maximum absolute atomic E-state index is 11.6. The Bertz CT molecular complexity index is 486. The van der Waals surface area contributed by atoms with Crippen LogP contribution in [0.4, 0.5) is 10.5 Å². The number of anilines is 1. The van der Waals surface area contributed by atoms with Crippen LogP contribution >= 0.6 is 0 Å². The van der Waals surface area contributed by atoms with Gasteiger partial charge in [0.25, 0.3) is 0 Å². The van der Waals surface area contributed by atoms with Crippen LogP contribution in [-0.4, -0.2) is 23.8 Å². The molecule has 0 aliphatic heterocycles. The molecule has 18 heavy (non-hydrogen) atoms. The molecule has 0 atom stereocenters. The van der Waals surface area contributed by atoms with E-state index in [0.717, 1.165) is 0 Å². The highest BCUT2D eigenvalue weighted by Crippen LogP contribution is 2.24. The Morgan fingerprint density at radius 2 is 2.11 bits per heavy atom. The molecule has 0 saturated heterocycles. The molecule has 0 radical (unpaired) electrons. The topological polar surface area (TPSA) is 84.2 Å². The van der Waals surface area contributed by atoms with Crippen molar-refractivity contribution in [2.75, 3.05) is 12.4 Å². The van der Waals surface area contributed by atoms with Crippen LogP contribution in [0.15, 0.2) is 12.4 Å². The summed E-state index contributed by atoms with van der Waals surface area (Å²) in [6, 6.07) is 1.95. The molecule has 6 heteroatoms. The van der Waals surface area contributed by atoms with Gasteiger partial charge in [-0.15, -0.1) is 0 Å². The van der Waals surface area contributed by atoms with Gasteiger partial charge < -0.3 is 9.47 Å². The second kappa shape index (κ2) is 5.36. The Labute approximate surface area is 106 Å². The standard InChI is InChI=1S/C12H15N3O3/c1-12(2,3)18-11(16)15-9-6-14-7-10(17-4)8(9)5-13/h6-7H,1-4H3,(H,15,16). The van der Waals surface area contributed by atoms with E-state index in [4.69, 9.17) is 14.7 Å². The summed E-state index contributed by atoms with van der Waals surface area (Å²) < 4.78 is 10.1. The van der Waals surface area contributed by atoms with Crippen molar-refractivity contribution in [3.8, 4) is 11.8 Å². The molecular formula is C12H15N3O3. The van der Waals surface area contributed by atoms with Crippen molar-refractivity contribution in [1.29, 1.82) is 5.26 Å². The predicted octanol–water partition coefficient (Wildman–Crippen LogP) is 2.31. The molecule has 1 rings (SSSR count). The number of carbonyl (C=O) groups excluding carboxylic acids is 1. The summed E-state index contributed by atoms with van der Waals surface area (Å²) in [4.78, 5) is 15.5.